The number of nitrogens with one attached hydrogen (secondary N) is 1. The molecule has 0 aromatic carbocycles. The minimum Gasteiger partial charge on any atom is -0.467 e. The molecule has 1 unspecified atom stereocenters. The van der Waals surface area contributed by atoms with E-state index in [-0.39, 0.29) is 6.04 Å². The van der Waals surface area contributed by atoms with Crippen molar-refractivity contribution in [2.75, 3.05) is 11.1 Å². The first-order valence-corrected chi connectivity index (χ1v) is 6.26. The first kappa shape index (κ1) is 12.5. The van der Waals surface area contributed by atoms with Gasteiger partial charge < -0.3 is 15.5 Å². The van der Waals surface area contributed by atoms with Crippen LogP contribution in [0.1, 0.15) is 37.8 Å². The molecular formula is C13H20N4O. The summed E-state index contributed by atoms with van der Waals surface area (Å²) in [5.41, 5.74) is 7.63. The highest BCUT2D eigenvalue weighted by Crippen LogP contribution is 2.27. The molecule has 0 saturated heterocycles. The Morgan fingerprint density at radius 1 is 1.56 bits per heavy atom. The second kappa shape index (κ2) is 5.16. The first-order chi connectivity index (χ1) is 8.63. The summed E-state index contributed by atoms with van der Waals surface area (Å²) in [4.78, 5) is 0. The third-order valence-corrected chi connectivity index (χ3v) is 2.93. The van der Waals surface area contributed by atoms with Crippen molar-refractivity contribution in [3.05, 3.63) is 29.9 Å². The molecule has 3 N–H and O–H groups in total. The summed E-state index contributed by atoms with van der Waals surface area (Å²) in [5.74, 6) is 1.76. The molecule has 0 fully saturated rings. The van der Waals surface area contributed by atoms with E-state index in [0.717, 1.165) is 30.2 Å². The molecule has 2 rings (SSSR count). The number of nitrogens with two attached hydrogens (primary N) is 1. The standard InChI is InChI=1S/C13H20N4O/c1-4-7-17-13(12(14)10(3)16-17)15-9(2)11-6-5-8-18-11/h5-6,8-9,15H,4,7,14H2,1-3H3. The molecule has 2 aromatic rings. The maximum Gasteiger partial charge on any atom is 0.148 e. The SMILES string of the molecule is CCCn1nc(C)c(N)c1NC(C)c1ccco1. The van der Waals surface area contributed by atoms with Crippen molar-refractivity contribution in [2.24, 2.45) is 0 Å². The minimum absolute atomic E-state index is 0.0639. The Labute approximate surface area is 107 Å². The van der Waals surface area contributed by atoms with E-state index in [1.165, 1.54) is 0 Å². The number of aryl methyl sites for hydroxylation is 2. The number of furan rings is 1. The Morgan fingerprint density at radius 2 is 2.33 bits per heavy atom. The minimum atomic E-state index is 0.0639. The molecule has 0 radical (unpaired) electrons. The second-order valence-electron chi connectivity index (χ2n) is 4.45. The zero-order chi connectivity index (χ0) is 13.1. The van der Waals surface area contributed by atoms with Gasteiger partial charge in [0.15, 0.2) is 0 Å². The van der Waals surface area contributed by atoms with Crippen molar-refractivity contribution < 1.29 is 4.42 Å². The quantitative estimate of drug-likeness (QED) is 0.853. The van der Waals surface area contributed by atoms with Gasteiger partial charge in [0, 0.05) is 6.54 Å². The first-order valence-electron chi connectivity index (χ1n) is 6.26. The van der Waals surface area contributed by atoms with Crippen LogP contribution in [0.3, 0.4) is 0 Å². The van der Waals surface area contributed by atoms with E-state index in [1.807, 2.05) is 30.7 Å². The van der Waals surface area contributed by atoms with Crippen molar-refractivity contribution in [3.63, 3.8) is 0 Å². The van der Waals surface area contributed by atoms with Crippen LogP contribution >= 0.6 is 0 Å². The van der Waals surface area contributed by atoms with Gasteiger partial charge in [-0.25, -0.2) is 4.68 Å². The molecule has 5 nitrogen and oxygen atoms in total. The zero-order valence-corrected chi connectivity index (χ0v) is 11.1. The lowest BCUT2D eigenvalue weighted by molar-refractivity contribution is 0.488. The molecule has 0 saturated carbocycles. The van der Waals surface area contributed by atoms with Gasteiger partial charge >= 0.3 is 0 Å². The van der Waals surface area contributed by atoms with Gasteiger partial charge in [-0.15, -0.1) is 0 Å². The average Bonchev–Trinajstić information content (AvgIpc) is 2.94. The predicted octanol–water partition coefficient (Wildman–Crippen LogP) is 2.95. The fraction of sp³-hybridized carbons (Fsp3) is 0.462. The second-order valence-corrected chi connectivity index (χ2v) is 4.45. The summed E-state index contributed by atoms with van der Waals surface area (Å²) in [5, 5.41) is 7.80. The zero-order valence-electron chi connectivity index (χ0n) is 11.1. The monoisotopic (exact) mass is 248 g/mol. The van der Waals surface area contributed by atoms with E-state index in [4.69, 9.17) is 10.2 Å². The molecule has 5 heteroatoms. The van der Waals surface area contributed by atoms with E-state index in [2.05, 4.69) is 17.3 Å². The number of hydrogen-bond acceptors (Lipinski definition) is 4. The summed E-state index contributed by atoms with van der Waals surface area (Å²) in [6.07, 6.45) is 2.69. The molecule has 18 heavy (non-hydrogen) atoms. The highest BCUT2D eigenvalue weighted by Gasteiger charge is 2.16. The molecule has 0 amide bonds. The molecule has 1 atom stereocenters. The van der Waals surface area contributed by atoms with Gasteiger partial charge in [0.05, 0.1) is 23.7 Å². The van der Waals surface area contributed by atoms with Crippen LogP contribution in [0, 0.1) is 6.92 Å². The number of nitrogen functional groups attached to an aromatic ring is 1. The van der Waals surface area contributed by atoms with Crippen molar-refractivity contribution in [1.82, 2.24) is 9.78 Å². The van der Waals surface area contributed by atoms with Gasteiger partial charge in [-0.05, 0) is 32.4 Å². The average molecular weight is 248 g/mol. The Bertz CT molecular complexity index is 501. The normalized spacial score (nSPS) is 12.6. The fourth-order valence-corrected chi connectivity index (χ4v) is 1.94. The van der Waals surface area contributed by atoms with E-state index < -0.39 is 0 Å². The van der Waals surface area contributed by atoms with Gasteiger partial charge in [-0.1, -0.05) is 6.92 Å². The molecule has 0 spiro atoms. The van der Waals surface area contributed by atoms with Crippen LogP contribution in [0.15, 0.2) is 22.8 Å². The Morgan fingerprint density at radius 3 is 2.94 bits per heavy atom. The van der Waals surface area contributed by atoms with Gasteiger partial charge in [-0.2, -0.15) is 5.10 Å². The van der Waals surface area contributed by atoms with Gasteiger partial charge in [0.25, 0.3) is 0 Å². The van der Waals surface area contributed by atoms with E-state index in [1.54, 1.807) is 6.26 Å². The molecule has 0 aliphatic carbocycles. The molecule has 0 bridgehead atoms. The molecule has 98 valence electrons. The Hall–Kier alpha value is -1.91. The van der Waals surface area contributed by atoms with Crippen LogP contribution in [0.25, 0.3) is 0 Å². The maximum atomic E-state index is 6.06. The number of rotatable bonds is 5. The van der Waals surface area contributed by atoms with Crippen molar-refractivity contribution in [2.45, 2.75) is 39.8 Å². The van der Waals surface area contributed by atoms with Gasteiger partial charge in [0.2, 0.25) is 0 Å². The lowest BCUT2D eigenvalue weighted by Gasteiger charge is -2.15. The smallest absolute Gasteiger partial charge is 0.148 e. The summed E-state index contributed by atoms with van der Waals surface area (Å²) >= 11 is 0. The molecule has 0 aliphatic heterocycles. The summed E-state index contributed by atoms with van der Waals surface area (Å²) < 4.78 is 7.30. The summed E-state index contributed by atoms with van der Waals surface area (Å²) in [6, 6.07) is 3.89. The fourth-order valence-electron chi connectivity index (χ4n) is 1.94. The third-order valence-electron chi connectivity index (χ3n) is 2.93. The number of hydrogen-bond donors (Lipinski definition) is 2. The lowest BCUT2D eigenvalue weighted by atomic mass is 10.2. The number of aromatic nitrogens is 2. The van der Waals surface area contributed by atoms with Gasteiger partial charge in [-0.3, -0.25) is 0 Å². The van der Waals surface area contributed by atoms with Crippen LogP contribution in [-0.4, -0.2) is 9.78 Å². The highest BCUT2D eigenvalue weighted by atomic mass is 16.3. The Balaban J connectivity index is 2.22. The maximum absolute atomic E-state index is 6.06. The van der Waals surface area contributed by atoms with Crippen molar-refractivity contribution in [3.8, 4) is 0 Å². The van der Waals surface area contributed by atoms with Crippen LogP contribution < -0.4 is 11.1 Å². The molecular weight excluding hydrogens is 228 g/mol. The van der Waals surface area contributed by atoms with Crippen molar-refractivity contribution in [1.29, 1.82) is 0 Å². The molecule has 2 aromatic heterocycles. The third kappa shape index (κ3) is 2.34. The van der Waals surface area contributed by atoms with Crippen molar-refractivity contribution >= 4 is 11.5 Å². The van der Waals surface area contributed by atoms with Gasteiger partial charge in [0.1, 0.15) is 11.6 Å². The lowest BCUT2D eigenvalue weighted by Crippen LogP contribution is -2.12. The van der Waals surface area contributed by atoms with E-state index in [0.29, 0.717) is 5.69 Å². The predicted molar refractivity (Wildman–Crippen MR) is 72.4 cm³/mol. The summed E-state index contributed by atoms with van der Waals surface area (Å²) in [7, 11) is 0. The topological polar surface area (TPSA) is 69.0 Å². The van der Waals surface area contributed by atoms with E-state index >= 15 is 0 Å². The van der Waals surface area contributed by atoms with Crippen LogP contribution in [0.4, 0.5) is 11.5 Å². The van der Waals surface area contributed by atoms with Crippen LogP contribution in [0.5, 0.6) is 0 Å². The molecule has 0 aliphatic rings. The van der Waals surface area contributed by atoms with Crippen LogP contribution in [-0.2, 0) is 6.54 Å². The number of anilines is 2. The molecule has 2 heterocycles. The number of nitrogens with zero attached hydrogens (tertiary/aromatic N) is 2. The van der Waals surface area contributed by atoms with Crippen LogP contribution in [0.2, 0.25) is 0 Å². The summed E-state index contributed by atoms with van der Waals surface area (Å²) in [6.45, 7) is 6.93. The van der Waals surface area contributed by atoms with E-state index in [9.17, 15) is 0 Å². The Kier molecular flexibility index (Phi) is 3.60. The highest BCUT2D eigenvalue weighted by molar-refractivity contribution is 5.65. The largest absolute Gasteiger partial charge is 0.467 e.